The summed E-state index contributed by atoms with van der Waals surface area (Å²) in [6.07, 6.45) is 0. The van der Waals surface area contributed by atoms with Crippen molar-refractivity contribution in [3.05, 3.63) is 167 Å². The highest BCUT2D eigenvalue weighted by atomic mass is 14.5. The summed E-state index contributed by atoms with van der Waals surface area (Å²) in [5.74, 6) is 0. The van der Waals surface area contributed by atoms with E-state index in [1.165, 1.54) is 60.8 Å². The molecule has 0 bridgehead atoms. The molecule has 0 aliphatic heterocycles. The van der Waals surface area contributed by atoms with Crippen molar-refractivity contribution in [1.29, 1.82) is 0 Å². The van der Waals surface area contributed by atoms with Gasteiger partial charge in [-0.05, 0) is 67.8 Å². The van der Waals surface area contributed by atoms with Crippen molar-refractivity contribution in [2.24, 2.45) is 0 Å². The molecule has 36 heavy (non-hydrogen) atoms. The lowest BCUT2D eigenvalue weighted by atomic mass is 9.67. The van der Waals surface area contributed by atoms with Crippen molar-refractivity contribution in [2.75, 3.05) is 0 Å². The van der Waals surface area contributed by atoms with Gasteiger partial charge in [-0.25, -0.2) is 0 Å². The molecule has 6 aromatic carbocycles. The average Bonchev–Trinajstić information content (AvgIpc) is 3.26. The standard InChI is InChI=1S/C36H26/c1-25-11-5-7-15-30(25)27-19-22-29(23-20-27)36(28-13-3-2-4-14-28)33-18-10-9-17-32(33)35-31-16-8-6-12-26(31)21-24-34(35)36/h2-24H,1H3. The second-order valence-electron chi connectivity index (χ2n) is 9.76. The molecule has 0 radical (unpaired) electrons. The minimum absolute atomic E-state index is 0.374. The van der Waals surface area contributed by atoms with Crippen molar-refractivity contribution in [3.8, 4) is 22.3 Å². The number of hydrogen-bond acceptors (Lipinski definition) is 0. The number of rotatable bonds is 3. The zero-order valence-electron chi connectivity index (χ0n) is 20.3. The predicted molar refractivity (Wildman–Crippen MR) is 151 cm³/mol. The number of fused-ring (bicyclic) bond motifs is 5. The van der Waals surface area contributed by atoms with Gasteiger partial charge in [-0.2, -0.15) is 0 Å². The first-order valence-electron chi connectivity index (χ1n) is 12.6. The zero-order valence-corrected chi connectivity index (χ0v) is 20.3. The highest BCUT2D eigenvalue weighted by molar-refractivity contribution is 6.04. The number of aryl methyl sites for hydroxylation is 1. The fraction of sp³-hybridized carbons (Fsp3) is 0.0556. The molecule has 170 valence electrons. The van der Waals surface area contributed by atoms with E-state index in [0.29, 0.717) is 0 Å². The highest BCUT2D eigenvalue weighted by Crippen LogP contribution is 2.57. The molecule has 1 aliphatic rings. The zero-order chi connectivity index (χ0) is 24.1. The van der Waals surface area contributed by atoms with Gasteiger partial charge in [-0.3, -0.25) is 0 Å². The quantitative estimate of drug-likeness (QED) is 0.248. The first kappa shape index (κ1) is 20.9. The van der Waals surface area contributed by atoms with E-state index in [-0.39, 0.29) is 5.41 Å². The lowest BCUT2D eigenvalue weighted by molar-refractivity contribution is 0.769. The van der Waals surface area contributed by atoms with E-state index < -0.39 is 0 Å². The third-order valence-corrected chi connectivity index (χ3v) is 7.91. The fourth-order valence-electron chi connectivity index (χ4n) is 6.32. The molecule has 6 aromatic rings. The van der Waals surface area contributed by atoms with Crippen LogP contribution in [0.4, 0.5) is 0 Å². The largest absolute Gasteiger partial charge is 0.0713 e. The summed E-state index contributed by atoms with van der Waals surface area (Å²) >= 11 is 0. The molecular weight excluding hydrogens is 432 g/mol. The second kappa shape index (κ2) is 8.07. The summed E-state index contributed by atoms with van der Waals surface area (Å²) in [6.45, 7) is 2.18. The van der Waals surface area contributed by atoms with Gasteiger partial charge in [-0.15, -0.1) is 0 Å². The Kier molecular flexibility index (Phi) is 4.69. The minimum atomic E-state index is -0.374. The van der Waals surface area contributed by atoms with Crippen LogP contribution in [0.1, 0.15) is 27.8 Å². The maximum absolute atomic E-state index is 2.36. The molecule has 1 atom stereocenters. The van der Waals surface area contributed by atoms with Gasteiger partial charge in [0.05, 0.1) is 5.41 Å². The first-order valence-corrected chi connectivity index (χ1v) is 12.6. The second-order valence-corrected chi connectivity index (χ2v) is 9.76. The van der Waals surface area contributed by atoms with E-state index in [1.54, 1.807) is 0 Å². The lowest BCUT2D eigenvalue weighted by Crippen LogP contribution is -2.28. The van der Waals surface area contributed by atoms with Gasteiger partial charge in [0.15, 0.2) is 0 Å². The van der Waals surface area contributed by atoms with Crippen molar-refractivity contribution in [2.45, 2.75) is 12.3 Å². The van der Waals surface area contributed by atoms with Crippen molar-refractivity contribution >= 4 is 10.8 Å². The Morgan fingerprint density at radius 3 is 1.89 bits per heavy atom. The molecule has 0 saturated carbocycles. The van der Waals surface area contributed by atoms with Crippen molar-refractivity contribution in [3.63, 3.8) is 0 Å². The van der Waals surface area contributed by atoms with E-state index in [9.17, 15) is 0 Å². The topological polar surface area (TPSA) is 0 Å². The van der Waals surface area contributed by atoms with Crippen LogP contribution < -0.4 is 0 Å². The molecule has 0 spiro atoms. The summed E-state index contributed by atoms with van der Waals surface area (Å²) < 4.78 is 0. The van der Waals surface area contributed by atoms with Crippen LogP contribution in [-0.2, 0) is 5.41 Å². The Bertz CT molecular complexity index is 1720. The van der Waals surface area contributed by atoms with Crippen LogP contribution >= 0.6 is 0 Å². The molecule has 1 aliphatic carbocycles. The van der Waals surface area contributed by atoms with Crippen LogP contribution in [0.5, 0.6) is 0 Å². The Balaban J connectivity index is 1.56. The molecule has 0 heterocycles. The van der Waals surface area contributed by atoms with E-state index in [0.717, 1.165) is 0 Å². The lowest BCUT2D eigenvalue weighted by Gasteiger charge is -2.34. The van der Waals surface area contributed by atoms with Crippen molar-refractivity contribution < 1.29 is 0 Å². The Labute approximate surface area is 212 Å². The van der Waals surface area contributed by atoms with Crippen LogP contribution in [0, 0.1) is 6.92 Å². The maximum Gasteiger partial charge on any atom is 0.0713 e. The van der Waals surface area contributed by atoms with Crippen LogP contribution in [0.15, 0.2) is 140 Å². The summed E-state index contributed by atoms with van der Waals surface area (Å²) in [5, 5.41) is 2.60. The normalized spacial score (nSPS) is 16.0. The van der Waals surface area contributed by atoms with Gasteiger partial charge in [-0.1, -0.05) is 140 Å². The Morgan fingerprint density at radius 1 is 0.444 bits per heavy atom. The molecular formula is C36H26. The molecule has 0 fully saturated rings. The third kappa shape index (κ3) is 2.88. The van der Waals surface area contributed by atoms with Crippen LogP contribution in [0.25, 0.3) is 33.0 Å². The predicted octanol–water partition coefficient (Wildman–Crippen LogP) is 9.18. The summed E-state index contributed by atoms with van der Waals surface area (Å²) in [5.41, 5.74) is 11.5. The third-order valence-electron chi connectivity index (χ3n) is 7.91. The summed E-state index contributed by atoms with van der Waals surface area (Å²) in [6, 6.07) is 51.3. The first-order chi connectivity index (χ1) is 17.8. The highest BCUT2D eigenvalue weighted by Gasteiger charge is 2.46. The SMILES string of the molecule is Cc1ccccc1-c1ccc(C2(c3ccccc3)c3ccccc3-c3c2ccc2ccccc32)cc1. The smallest absolute Gasteiger partial charge is 0.0622 e. The molecule has 0 N–H and O–H groups in total. The Morgan fingerprint density at radius 2 is 1.08 bits per heavy atom. The van der Waals surface area contributed by atoms with E-state index in [2.05, 4.69) is 146 Å². The van der Waals surface area contributed by atoms with Crippen LogP contribution in [0.3, 0.4) is 0 Å². The molecule has 1 unspecified atom stereocenters. The minimum Gasteiger partial charge on any atom is -0.0622 e. The van der Waals surface area contributed by atoms with Gasteiger partial charge in [0, 0.05) is 0 Å². The van der Waals surface area contributed by atoms with Gasteiger partial charge < -0.3 is 0 Å². The molecule has 0 amide bonds. The van der Waals surface area contributed by atoms with Gasteiger partial charge in [0.2, 0.25) is 0 Å². The summed E-state index contributed by atoms with van der Waals surface area (Å²) in [4.78, 5) is 0. The molecule has 0 aromatic heterocycles. The Hall–Kier alpha value is -4.42. The monoisotopic (exact) mass is 458 g/mol. The maximum atomic E-state index is 2.36. The molecule has 0 nitrogen and oxygen atoms in total. The fourth-order valence-corrected chi connectivity index (χ4v) is 6.32. The number of hydrogen-bond donors (Lipinski definition) is 0. The van der Waals surface area contributed by atoms with Crippen LogP contribution in [-0.4, -0.2) is 0 Å². The molecule has 0 heteroatoms. The molecule has 7 rings (SSSR count). The average molecular weight is 459 g/mol. The van der Waals surface area contributed by atoms with Crippen molar-refractivity contribution in [1.82, 2.24) is 0 Å². The van der Waals surface area contributed by atoms with Gasteiger partial charge >= 0.3 is 0 Å². The molecule has 0 saturated heterocycles. The van der Waals surface area contributed by atoms with Crippen LogP contribution in [0.2, 0.25) is 0 Å². The van der Waals surface area contributed by atoms with Gasteiger partial charge in [0.25, 0.3) is 0 Å². The summed E-state index contributed by atoms with van der Waals surface area (Å²) in [7, 11) is 0. The van der Waals surface area contributed by atoms with E-state index in [4.69, 9.17) is 0 Å². The number of benzene rings is 6. The van der Waals surface area contributed by atoms with Gasteiger partial charge in [0.1, 0.15) is 0 Å². The van der Waals surface area contributed by atoms with E-state index in [1.807, 2.05) is 0 Å². The van der Waals surface area contributed by atoms with E-state index >= 15 is 0 Å².